The number of aromatic nitrogens is 2. The molecule has 2 unspecified atom stereocenters. The highest BCUT2D eigenvalue weighted by atomic mass is 32.2. The fraction of sp³-hybridized carbons (Fsp3) is 0.636. The molecule has 96 valence electrons. The molecular formula is C11H19N3O2S. The summed E-state index contributed by atoms with van der Waals surface area (Å²) in [6.07, 6.45) is 6.94. The van der Waals surface area contributed by atoms with Gasteiger partial charge in [-0.15, -0.1) is 0 Å². The number of hydrogen-bond donors (Lipinski definition) is 1. The zero-order valence-electron chi connectivity index (χ0n) is 10.4. The first kappa shape index (κ1) is 14.1. The smallest absolute Gasteiger partial charge is 0.151 e. The van der Waals surface area contributed by atoms with Crippen molar-refractivity contribution in [2.24, 2.45) is 0 Å². The summed E-state index contributed by atoms with van der Waals surface area (Å²) in [6.45, 7) is 4.51. The Balaban J connectivity index is 2.96. The van der Waals surface area contributed by atoms with Crippen LogP contribution in [0.2, 0.25) is 0 Å². The molecule has 0 aliphatic heterocycles. The van der Waals surface area contributed by atoms with Crippen LogP contribution in [0.25, 0.3) is 0 Å². The van der Waals surface area contributed by atoms with Gasteiger partial charge in [0, 0.05) is 24.2 Å². The van der Waals surface area contributed by atoms with Crippen molar-refractivity contribution in [1.82, 2.24) is 15.3 Å². The quantitative estimate of drug-likeness (QED) is 0.821. The minimum absolute atomic E-state index is 0.258. The summed E-state index contributed by atoms with van der Waals surface area (Å²) in [5, 5.41) is 2.73. The van der Waals surface area contributed by atoms with Gasteiger partial charge in [-0.3, -0.25) is 0 Å². The zero-order chi connectivity index (χ0) is 12.9. The van der Waals surface area contributed by atoms with Gasteiger partial charge in [0.1, 0.15) is 6.33 Å². The van der Waals surface area contributed by atoms with Crippen LogP contribution in [0.5, 0.6) is 0 Å². The van der Waals surface area contributed by atoms with E-state index < -0.39 is 15.1 Å². The predicted octanol–water partition coefficient (Wildman–Crippen LogP) is 0.950. The molecular weight excluding hydrogens is 238 g/mol. The Kier molecular flexibility index (Phi) is 5.02. The summed E-state index contributed by atoms with van der Waals surface area (Å²) in [6, 6.07) is -0.258. The normalized spacial score (nSPS) is 15.5. The molecule has 0 aromatic carbocycles. The van der Waals surface area contributed by atoms with Gasteiger partial charge in [-0.05, 0) is 19.9 Å². The van der Waals surface area contributed by atoms with E-state index in [1.165, 1.54) is 12.6 Å². The average Bonchev–Trinajstić information content (AvgIpc) is 2.29. The third-order valence-corrected chi connectivity index (χ3v) is 4.32. The van der Waals surface area contributed by atoms with Crippen LogP contribution in [0, 0.1) is 0 Å². The molecule has 0 saturated carbocycles. The van der Waals surface area contributed by atoms with Crippen LogP contribution in [0.1, 0.15) is 31.9 Å². The molecule has 0 aliphatic rings. The van der Waals surface area contributed by atoms with Gasteiger partial charge in [0.2, 0.25) is 0 Å². The minimum atomic E-state index is -3.10. The molecule has 0 spiro atoms. The van der Waals surface area contributed by atoms with Crippen molar-refractivity contribution in [1.29, 1.82) is 0 Å². The van der Waals surface area contributed by atoms with E-state index in [-0.39, 0.29) is 6.04 Å². The van der Waals surface area contributed by atoms with Crippen LogP contribution in [0.15, 0.2) is 18.7 Å². The number of nitrogens with zero attached hydrogens (tertiary/aromatic N) is 2. The number of rotatable bonds is 6. The fourth-order valence-electron chi connectivity index (χ4n) is 1.57. The summed E-state index contributed by atoms with van der Waals surface area (Å²) in [4.78, 5) is 7.86. The maximum Gasteiger partial charge on any atom is 0.151 e. The van der Waals surface area contributed by atoms with Crippen molar-refractivity contribution in [3.8, 4) is 0 Å². The number of hydrogen-bond acceptors (Lipinski definition) is 5. The highest BCUT2D eigenvalue weighted by molar-refractivity contribution is 7.91. The van der Waals surface area contributed by atoms with Gasteiger partial charge in [-0.25, -0.2) is 18.4 Å². The Labute approximate surface area is 103 Å². The van der Waals surface area contributed by atoms with Gasteiger partial charge in [0.25, 0.3) is 0 Å². The number of nitrogens with one attached hydrogen (secondary N) is 1. The maximum atomic E-state index is 11.6. The van der Waals surface area contributed by atoms with Gasteiger partial charge in [0.15, 0.2) is 9.84 Å². The average molecular weight is 257 g/mol. The SMILES string of the molecule is CCCNC(c1cncnc1)C(C)S(C)(=O)=O. The molecule has 0 fully saturated rings. The molecule has 1 aromatic rings. The first-order valence-corrected chi connectivity index (χ1v) is 7.59. The molecule has 1 N–H and O–H groups in total. The molecule has 6 heteroatoms. The Hall–Kier alpha value is -1.01. The van der Waals surface area contributed by atoms with Crippen LogP contribution in [0.4, 0.5) is 0 Å². The van der Waals surface area contributed by atoms with Crippen molar-refractivity contribution in [3.63, 3.8) is 0 Å². The summed E-state index contributed by atoms with van der Waals surface area (Å²) >= 11 is 0. The molecule has 0 amide bonds. The Morgan fingerprint density at radius 1 is 1.35 bits per heavy atom. The van der Waals surface area contributed by atoms with E-state index in [2.05, 4.69) is 15.3 Å². The van der Waals surface area contributed by atoms with Crippen LogP contribution >= 0.6 is 0 Å². The minimum Gasteiger partial charge on any atom is -0.309 e. The predicted molar refractivity (Wildman–Crippen MR) is 67.4 cm³/mol. The summed E-state index contributed by atoms with van der Waals surface area (Å²) in [5.41, 5.74) is 0.805. The highest BCUT2D eigenvalue weighted by Gasteiger charge is 2.27. The van der Waals surface area contributed by atoms with Gasteiger partial charge in [-0.2, -0.15) is 0 Å². The van der Waals surface area contributed by atoms with Crippen LogP contribution in [0.3, 0.4) is 0 Å². The fourth-order valence-corrected chi connectivity index (χ4v) is 2.32. The lowest BCUT2D eigenvalue weighted by molar-refractivity contribution is 0.498. The van der Waals surface area contributed by atoms with Gasteiger partial charge in [0.05, 0.1) is 11.3 Å². The van der Waals surface area contributed by atoms with Gasteiger partial charge in [-0.1, -0.05) is 6.92 Å². The molecule has 5 nitrogen and oxygen atoms in total. The van der Waals surface area contributed by atoms with E-state index >= 15 is 0 Å². The summed E-state index contributed by atoms with van der Waals surface area (Å²) in [5.74, 6) is 0. The second-order valence-electron chi connectivity index (χ2n) is 4.14. The van der Waals surface area contributed by atoms with Crippen molar-refractivity contribution in [3.05, 3.63) is 24.3 Å². The van der Waals surface area contributed by atoms with Crippen molar-refractivity contribution >= 4 is 9.84 Å². The van der Waals surface area contributed by atoms with E-state index in [1.54, 1.807) is 19.3 Å². The molecule has 0 radical (unpaired) electrons. The first-order chi connectivity index (χ1) is 7.96. The lowest BCUT2D eigenvalue weighted by Gasteiger charge is -2.23. The standard InChI is InChI=1S/C11H19N3O2S/c1-4-5-14-11(9(2)17(3,15)16)10-6-12-8-13-7-10/h6-9,11,14H,4-5H2,1-3H3. The van der Waals surface area contributed by atoms with E-state index in [1.807, 2.05) is 6.92 Å². The molecule has 0 bridgehead atoms. The topological polar surface area (TPSA) is 72.0 Å². The zero-order valence-corrected chi connectivity index (χ0v) is 11.2. The lowest BCUT2D eigenvalue weighted by atomic mass is 10.1. The van der Waals surface area contributed by atoms with Crippen molar-refractivity contribution in [2.75, 3.05) is 12.8 Å². The van der Waals surface area contributed by atoms with E-state index in [9.17, 15) is 8.42 Å². The Morgan fingerprint density at radius 2 is 1.94 bits per heavy atom. The number of sulfone groups is 1. The van der Waals surface area contributed by atoms with Crippen LogP contribution < -0.4 is 5.32 Å². The second-order valence-corrected chi connectivity index (χ2v) is 6.54. The van der Waals surface area contributed by atoms with Crippen molar-refractivity contribution < 1.29 is 8.42 Å². The molecule has 0 aliphatic carbocycles. The third kappa shape index (κ3) is 4.05. The third-order valence-electron chi connectivity index (χ3n) is 2.70. The molecule has 1 aromatic heterocycles. The summed E-state index contributed by atoms with van der Waals surface area (Å²) in [7, 11) is -3.10. The molecule has 17 heavy (non-hydrogen) atoms. The van der Waals surface area contributed by atoms with E-state index in [0.29, 0.717) is 0 Å². The highest BCUT2D eigenvalue weighted by Crippen LogP contribution is 2.20. The van der Waals surface area contributed by atoms with Crippen LogP contribution in [-0.2, 0) is 9.84 Å². The first-order valence-electron chi connectivity index (χ1n) is 5.64. The molecule has 0 saturated heterocycles. The largest absolute Gasteiger partial charge is 0.309 e. The monoisotopic (exact) mass is 257 g/mol. The molecule has 1 rings (SSSR count). The van der Waals surface area contributed by atoms with E-state index in [4.69, 9.17) is 0 Å². The maximum absolute atomic E-state index is 11.6. The lowest BCUT2D eigenvalue weighted by Crippen LogP contribution is -2.35. The Morgan fingerprint density at radius 3 is 2.41 bits per heavy atom. The van der Waals surface area contributed by atoms with Gasteiger partial charge < -0.3 is 5.32 Å². The molecule has 2 atom stereocenters. The van der Waals surface area contributed by atoms with Crippen LogP contribution in [-0.4, -0.2) is 36.4 Å². The van der Waals surface area contributed by atoms with Gasteiger partial charge >= 0.3 is 0 Å². The second kappa shape index (κ2) is 6.07. The Bertz CT molecular complexity index is 433. The molecule has 1 heterocycles. The van der Waals surface area contributed by atoms with Crippen molar-refractivity contribution in [2.45, 2.75) is 31.6 Å². The summed E-state index contributed by atoms with van der Waals surface area (Å²) < 4.78 is 23.3. The van der Waals surface area contributed by atoms with E-state index in [0.717, 1.165) is 18.5 Å².